The molecule has 1 saturated heterocycles. The van der Waals surface area contributed by atoms with Crippen LogP contribution < -0.4 is 0 Å². The smallest absolute Gasteiger partial charge is 0.0634 e. The summed E-state index contributed by atoms with van der Waals surface area (Å²) in [6.07, 6.45) is 0. The monoisotopic (exact) mass is 298 g/mol. The Hall–Kier alpha value is -1.42. The van der Waals surface area contributed by atoms with Crippen molar-refractivity contribution < 1.29 is 4.74 Å². The average molecular weight is 298 g/mol. The Bertz CT molecular complexity index is 622. The van der Waals surface area contributed by atoms with Crippen molar-refractivity contribution in [2.45, 2.75) is 19.0 Å². The second kappa shape index (κ2) is 6.78. The van der Waals surface area contributed by atoms with Crippen LogP contribution in [0.5, 0.6) is 0 Å². The minimum absolute atomic E-state index is 0.390. The van der Waals surface area contributed by atoms with Crippen molar-refractivity contribution >= 4 is 10.8 Å². The lowest BCUT2D eigenvalue weighted by molar-refractivity contribution is -0.00824. The van der Waals surface area contributed by atoms with Gasteiger partial charge in [-0.15, -0.1) is 0 Å². The van der Waals surface area contributed by atoms with Gasteiger partial charge in [-0.1, -0.05) is 42.5 Å². The molecule has 0 spiro atoms. The third-order valence-electron chi connectivity index (χ3n) is 4.96. The molecule has 3 nitrogen and oxygen atoms in total. The van der Waals surface area contributed by atoms with Gasteiger partial charge in [-0.3, -0.25) is 9.80 Å². The van der Waals surface area contributed by atoms with Crippen LogP contribution in [0.3, 0.4) is 0 Å². The van der Waals surface area contributed by atoms with Gasteiger partial charge in [0.1, 0.15) is 0 Å². The molecular formula is C19H26N2O. The van der Waals surface area contributed by atoms with E-state index < -0.39 is 0 Å². The number of benzene rings is 2. The zero-order valence-corrected chi connectivity index (χ0v) is 13.8. The molecule has 0 N–H and O–H groups in total. The van der Waals surface area contributed by atoms with Gasteiger partial charge in [0, 0.05) is 25.2 Å². The summed E-state index contributed by atoms with van der Waals surface area (Å²) in [6.45, 7) is 6.05. The van der Waals surface area contributed by atoms with Crippen LogP contribution in [-0.2, 0) is 4.74 Å². The molecule has 3 rings (SSSR count). The maximum atomic E-state index is 5.64. The quantitative estimate of drug-likeness (QED) is 0.862. The van der Waals surface area contributed by atoms with E-state index in [0.29, 0.717) is 12.1 Å². The summed E-state index contributed by atoms with van der Waals surface area (Å²) in [5.74, 6) is 0. The number of fused-ring (bicyclic) bond motifs is 1. The van der Waals surface area contributed by atoms with Crippen LogP contribution in [0.2, 0.25) is 0 Å². The first-order valence-corrected chi connectivity index (χ1v) is 8.12. The highest BCUT2D eigenvalue weighted by Gasteiger charge is 2.23. The van der Waals surface area contributed by atoms with Crippen LogP contribution >= 0.6 is 0 Å². The number of nitrogens with zero attached hydrogens (tertiary/aromatic N) is 2. The van der Waals surface area contributed by atoms with Crippen molar-refractivity contribution in [3.8, 4) is 0 Å². The third-order valence-corrected chi connectivity index (χ3v) is 4.96. The van der Waals surface area contributed by atoms with E-state index in [1.54, 1.807) is 0 Å². The molecule has 2 atom stereocenters. The third kappa shape index (κ3) is 3.17. The summed E-state index contributed by atoms with van der Waals surface area (Å²) in [5.41, 5.74) is 1.40. The molecule has 1 aliphatic heterocycles. The Labute approximate surface area is 133 Å². The van der Waals surface area contributed by atoms with Gasteiger partial charge in [-0.25, -0.2) is 0 Å². The summed E-state index contributed by atoms with van der Waals surface area (Å²) in [6, 6.07) is 16.1. The number of hydrogen-bond donors (Lipinski definition) is 0. The normalized spacial score (nSPS) is 21.4. The molecule has 1 heterocycles. The minimum atomic E-state index is 0.390. The molecule has 0 bridgehead atoms. The standard InChI is InChI=1S/C19H26N2O/c1-15(21(3)13-17-14-22-12-11-20(17)2)18-10-6-8-16-7-4-5-9-19(16)18/h4-10,15,17H,11-14H2,1-3H3/t15-,17?/m1/s1. The number of morpholine rings is 1. The van der Waals surface area contributed by atoms with Crippen molar-refractivity contribution in [2.24, 2.45) is 0 Å². The molecule has 2 aromatic carbocycles. The highest BCUT2D eigenvalue weighted by atomic mass is 16.5. The lowest BCUT2D eigenvalue weighted by Crippen LogP contribution is -2.48. The summed E-state index contributed by atoms with van der Waals surface area (Å²) >= 11 is 0. The Morgan fingerprint density at radius 1 is 1.23 bits per heavy atom. The predicted octanol–water partition coefficient (Wildman–Crippen LogP) is 3.16. The van der Waals surface area contributed by atoms with Crippen LogP contribution in [0, 0.1) is 0 Å². The number of hydrogen-bond acceptors (Lipinski definition) is 3. The van der Waals surface area contributed by atoms with Crippen LogP contribution in [0.15, 0.2) is 42.5 Å². The maximum absolute atomic E-state index is 5.64. The van der Waals surface area contributed by atoms with E-state index in [-0.39, 0.29) is 0 Å². The minimum Gasteiger partial charge on any atom is -0.378 e. The van der Waals surface area contributed by atoms with Crippen molar-refractivity contribution in [1.29, 1.82) is 0 Å². The predicted molar refractivity (Wildman–Crippen MR) is 92.2 cm³/mol. The van der Waals surface area contributed by atoms with E-state index >= 15 is 0 Å². The van der Waals surface area contributed by atoms with Crippen molar-refractivity contribution in [3.05, 3.63) is 48.0 Å². The molecule has 0 aromatic heterocycles. The van der Waals surface area contributed by atoms with Gasteiger partial charge in [-0.2, -0.15) is 0 Å². The van der Waals surface area contributed by atoms with E-state index in [1.165, 1.54) is 16.3 Å². The molecule has 0 aliphatic carbocycles. The molecule has 0 saturated carbocycles. The van der Waals surface area contributed by atoms with Crippen molar-refractivity contribution in [3.63, 3.8) is 0 Å². The van der Waals surface area contributed by atoms with Gasteiger partial charge in [-0.05, 0) is 37.4 Å². The lowest BCUT2D eigenvalue weighted by atomic mass is 9.98. The first kappa shape index (κ1) is 15.5. The van der Waals surface area contributed by atoms with Gasteiger partial charge in [0.25, 0.3) is 0 Å². The molecule has 2 aromatic rings. The Balaban J connectivity index is 1.78. The van der Waals surface area contributed by atoms with Gasteiger partial charge >= 0.3 is 0 Å². The van der Waals surface area contributed by atoms with Crippen molar-refractivity contribution in [1.82, 2.24) is 9.80 Å². The highest BCUT2D eigenvalue weighted by molar-refractivity contribution is 5.86. The fraction of sp³-hybridized carbons (Fsp3) is 0.474. The molecule has 3 heteroatoms. The van der Waals surface area contributed by atoms with E-state index in [1.807, 2.05) is 0 Å². The Kier molecular flexibility index (Phi) is 4.77. The molecule has 118 valence electrons. The summed E-state index contributed by atoms with van der Waals surface area (Å²) in [5, 5.41) is 2.68. The Morgan fingerprint density at radius 3 is 2.82 bits per heavy atom. The van der Waals surface area contributed by atoms with Crippen LogP contribution in [0.1, 0.15) is 18.5 Å². The molecule has 1 fully saturated rings. The number of likely N-dealkylation sites (N-methyl/N-ethyl adjacent to an activating group) is 2. The second-order valence-electron chi connectivity index (χ2n) is 6.39. The summed E-state index contributed by atoms with van der Waals surface area (Å²) in [7, 11) is 4.42. The number of ether oxygens (including phenoxy) is 1. The fourth-order valence-electron chi connectivity index (χ4n) is 3.27. The van der Waals surface area contributed by atoms with Gasteiger partial charge in [0.05, 0.1) is 13.2 Å². The maximum Gasteiger partial charge on any atom is 0.0634 e. The van der Waals surface area contributed by atoms with E-state index in [4.69, 9.17) is 4.74 Å². The first-order valence-electron chi connectivity index (χ1n) is 8.12. The van der Waals surface area contributed by atoms with Crippen LogP contribution in [0.4, 0.5) is 0 Å². The molecule has 22 heavy (non-hydrogen) atoms. The zero-order chi connectivity index (χ0) is 15.5. The molecule has 1 aliphatic rings. The molecule has 1 unspecified atom stereocenters. The fourth-order valence-corrected chi connectivity index (χ4v) is 3.27. The average Bonchev–Trinajstić information content (AvgIpc) is 2.55. The Morgan fingerprint density at radius 2 is 2.00 bits per heavy atom. The SMILES string of the molecule is C[C@H](c1cccc2ccccc12)N(C)CC1COCCN1C. The van der Waals surface area contributed by atoms with E-state index in [9.17, 15) is 0 Å². The molecule has 0 amide bonds. The summed E-state index contributed by atoms with van der Waals surface area (Å²) in [4.78, 5) is 4.85. The molecule has 0 radical (unpaired) electrons. The topological polar surface area (TPSA) is 15.7 Å². The zero-order valence-electron chi connectivity index (χ0n) is 13.8. The van der Waals surface area contributed by atoms with Gasteiger partial charge < -0.3 is 4.74 Å². The van der Waals surface area contributed by atoms with Crippen LogP contribution in [0.25, 0.3) is 10.8 Å². The summed E-state index contributed by atoms with van der Waals surface area (Å²) < 4.78 is 5.64. The van der Waals surface area contributed by atoms with E-state index in [0.717, 1.165) is 26.3 Å². The highest BCUT2D eigenvalue weighted by Crippen LogP contribution is 2.27. The van der Waals surface area contributed by atoms with Crippen molar-refractivity contribution in [2.75, 3.05) is 40.4 Å². The van der Waals surface area contributed by atoms with Gasteiger partial charge in [0.15, 0.2) is 0 Å². The first-order chi connectivity index (χ1) is 10.7. The number of rotatable bonds is 4. The second-order valence-corrected chi connectivity index (χ2v) is 6.39. The largest absolute Gasteiger partial charge is 0.378 e. The lowest BCUT2D eigenvalue weighted by Gasteiger charge is -2.37. The van der Waals surface area contributed by atoms with Crippen LogP contribution in [-0.4, -0.2) is 56.2 Å². The van der Waals surface area contributed by atoms with E-state index in [2.05, 4.69) is 73.3 Å². The van der Waals surface area contributed by atoms with Gasteiger partial charge in [0.2, 0.25) is 0 Å². The molecular weight excluding hydrogens is 272 g/mol.